The maximum absolute atomic E-state index is 13.7. The van der Waals surface area contributed by atoms with Crippen LogP contribution in [0.3, 0.4) is 0 Å². The van der Waals surface area contributed by atoms with Gasteiger partial charge < -0.3 is 4.52 Å². The van der Waals surface area contributed by atoms with Crippen molar-refractivity contribution < 1.29 is 8.91 Å². The lowest BCUT2D eigenvalue weighted by Gasteiger charge is -2.07. The Bertz CT molecular complexity index is 778. The number of fused-ring (bicyclic) bond motifs is 1. The van der Waals surface area contributed by atoms with Crippen LogP contribution in [0, 0.1) is 12.7 Å². The van der Waals surface area contributed by atoms with Gasteiger partial charge in [-0.1, -0.05) is 11.2 Å². The number of hydrogen-bond acceptors (Lipinski definition) is 4. The third kappa shape index (κ3) is 1.42. The Balaban J connectivity index is 2.48. The first-order chi connectivity index (χ1) is 8.68. The van der Waals surface area contributed by atoms with E-state index >= 15 is 0 Å². The van der Waals surface area contributed by atoms with Gasteiger partial charge in [0.05, 0.1) is 5.52 Å². The highest BCUT2D eigenvalue weighted by atomic mass is 19.1. The van der Waals surface area contributed by atoms with Crippen LogP contribution in [0.25, 0.3) is 16.7 Å². The summed E-state index contributed by atoms with van der Waals surface area (Å²) in [7, 11) is 0. The van der Waals surface area contributed by atoms with Gasteiger partial charge in [0.25, 0.3) is 5.56 Å². The van der Waals surface area contributed by atoms with Crippen molar-refractivity contribution in [3.63, 3.8) is 0 Å². The van der Waals surface area contributed by atoms with E-state index in [1.807, 2.05) is 0 Å². The second kappa shape index (κ2) is 3.76. The fourth-order valence-corrected chi connectivity index (χ4v) is 1.89. The zero-order valence-electron chi connectivity index (χ0n) is 9.42. The Morgan fingerprint density at radius 3 is 2.89 bits per heavy atom. The summed E-state index contributed by atoms with van der Waals surface area (Å²) in [6.07, 6.45) is 1.34. The van der Waals surface area contributed by atoms with Crippen molar-refractivity contribution >= 4 is 10.9 Å². The zero-order valence-corrected chi connectivity index (χ0v) is 9.42. The second-order valence-corrected chi connectivity index (χ2v) is 3.79. The maximum Gasteiger partial charge on any atom is 0.270 e. The minimum absolute atomic E-state index is 0.0499. The van der Waals surface area contributed by atoms with Gasteiger partial charge in [0.15, 0.2) is 5.82 Å². The van der Waals surface area contributed by atoms with E-state index in [0.29, 0.717) is 11.3 Å². The molecule has 5 nitrogen and oxygen atoms in total. The van der Waals surface area contributed by atoms with Crippen molar-refractivity contribution in [2.75, 3.05) is 0 Å². The molecule has 0 radical (unpaired) electrons. The number of nitrogens with zero attached hydrogens (tertiary/aromatic N) is 3. The molecule has 0 aliphatic rings. The highest BCUT2D eigenvalue weighted by Gasteiger charge is 2.14. The summed E-state index contributed by atoms with van der Waals surface area (Å²) in [6, 6.07) is 5.86. The molecule has 3 rings (SSSR count). The lowest BCUT2D eigenvalue weighted by atomic mass is 10.2. The Kier molecular flexibility index (Phi) is 2.22. The number of aryl methyl sites for hydroxylation is 1. The van der Waals surface area contributed by atoms with Gasteiger partial charge in [-0.3, -0.25) is 4.79 Å². The summed E-state index contributed by atoms with van der Waals surface area (Å²) >= 11 is 0. The molecule has 90 valence electrons. The Labute approximate surface area is 100 Å². The molecule has 6 heteroatoms. The van der Waals surface area contributed by atoms with Gasteiger partial charge >= 0.3 is 0 Å². The highest BCUT2D eigenvalue weighted by Crippen LogP contribution is 2.14. The van der Waals surface area contributed by atoms with E-state index in [9.17, 15) is 9.18 Å². The van der Waals surface area contributed by atoms with Gasteiger partial charge in [-0.05, 0) is 19.1 Å². The van der Waals surface area contributed by atoms with Gasteiger partial charge in [0, 0.05) is 6.07 Å². The molecule has 18 heavy (non-hydrogen) atoms. The van der Waals surface area contributed by atoms with Crippen LogP contribution in [0.15, 0.2) is 39.8 Å². The Morgan fingerprint density at radius 1 is 1.33 bits per heavy atom. The molecular formula is C12H8FN3O2. The molecule has 0 fully saturated rings. The van der Waals surface area contributed by atoms with Crippen molar-refractivity contribution in [1.82, 2.24) is 14.7 Å². The molecule has 3 aromatic rings. The number of hydrogen-bond donors (Lipinski definition) is 0. The topological polar surface area (TPSA) is 60.9 Å². The monoisotopic (exact) mass is 245 g/mol. The van der Waals surface area contributed by atoms with Crippen LogP contribution in [-0.4, -0.2) is 14.7 Å². The minimum Gasteiger partial charge on any atom is -0.363 e. The van der Waals surface area contributed by atoms with Gasteiger partial charge in [0.1, 0.15) is 23.3 Å². The van der Waals surface area contributed by atoms with Crippen molar-refractivity contribution in [3.8, 4) is 5.82 Å². The second-order valence-electron chi connectivity index (χ2n) is 3.79. The third-order valence-electron chi connectivity index (χ3n) is 2.67. The quantitative estimate of drug-likeness (QED) is 0.656. The van der Waals surface area contributed by atoms with E-state index < -0.39 is 11.4 Å². The van der Waals surface area contributed by atoms with Gasteiger partial charge in [-0.25, -0.2) is 13.9 Å². The smallest absolute Gasteiger partial charge is 0.270 e. The SMILES string of the molecule is Cc1nc2cccc(F)c2c(=O)n1-c1ccon1. The molecule has 2 heterocycles. The average molecular weight is 245 g/mol. The summed E-state index contributed by atoms with van der Waals surface area (Å²) < 4.78 is 19.6. The first kappa shape index (κ1) is 10.6. The van der Waals surface area contributed by atoms with E-state index in [-0.39, 0.29) is 11.2 Å². The maximum atomic E-state index is 13.7. The first-order valence-electron chi connectivity index (χ1n) is 5.27. The molecule has 0 aliphatic carbocycles. The van der Waals surface area contributed by atoms with E-state index in [2.05, 4.69) is 14.7 Å². The normalized spacial score (nSPS) is 11.0. The predicted octanol–water partition coefficient (Wildman–Crippen LogP) is 1.82. The van der Waals surface area contributed by atoms with Crippen LogP contribution in [0.1, 0.15) is 5.82 Å². The lowest BCUT2D eigenvalue weighted by molar-refractivity contribution is 0.415. The van der Waals surface area contributed by atoms with Crippen LogP contribution in [-0.2, 0) is 0 Å². The number of benzene rings is 1. The molecule has 0 unspecified atom stereocenters. The van der Waals surface area contributed by atoms with Crippen molar-refractivity contribution in [1.29, 1.82) is 0 Å². The van der Waals surface area contributed by atoms with Crippen molar-refractivity contribution in [3.05, 3.63) is 52.5 Å². The molecule has 0 amide bonds. The molecule has 1 aromatic carbocycles. The van der Waals surface area contributed by atoms with Crippen LogP contribution >= 0.6 is 0 Å². The Morgan fingerprint density at radius 2 is 2.17 bits per heavy atom. The van der Waals surface area contributed by atoms with Crippen LogP contribution in [0.4, 0.5) is 4.39 Å². The van der Waals surface area contributed by atoms with E-state index in [1.165, 1.54) is 29.0 Å². The van der Waals surface area contributed by atoms with Crippen LogP contribution < -0.4 is 5.56 Å². The molecule has 0 saturated heterocycles. The third-order valence-corrected chi connectivity index (χ3v) is 2.67. The molecule has 0 bridgehead atoms. The summed E-state index contributed by atoms with van der Waals surface area (Å²) in [5.74, 6) is 0.115. The van der Waals surface area contributed by atoms with Crippen LogP contribution in [0.5, 0.6) is 0 Å². The number of rotatable bonds is 1. The van der Waals surface area contributed by atoms with Crippen LogP contribution in [0.2, 0.25) is 0 Å². The van der Waals surface area contributed by atoms with Crippen molar-refractivity contribution in [2.24, 2.45) is 0 Å². The van der Waals surface area contributed by atoms with E-state index in [1.54, 1.807) is 13.0 Å². The van der Waals surface area contributed by atoms with E-state index in [0.717, 1.165) is 0 Å². The standard InChI is InChI=1S/C12H8FN3O2/c1-7-14-9-4-2-3-8(13)11(9)12(17)16(7)10-5-6-18-15-10/h2-6H,1H3. The molecule has 2 aromatic heterocycles. The molecule has 0 aliphatic heterocycles. The number of halogens is 1. The van der Waals surface area contributed by atoms with Crippen molar-refractivity contribution in [2.45, 2.75) is 6.92 Å². The minimum atomic E-state index is -0.595. The molecule has 0 saturated carbocycles. The average Bonchev–Trinajstić information content (AvgIpc) is 2.82. The first-order valence-corrected chi connectivity index (χ1v) is 5.27. The fourth-order valence-electron chi connectivity index (χ4n) is 1.89. The summed E-state index contributed by atoms with van der Waals surface area (Å²) in [6.45, 7) is 1.65. The van der Waals surface area contributed by atoms with Gasteiger partial charge in [-0.15, -0.1) is 0 Å². The molecule has 0 N–H and O–H groups in total. The molecule has 0 spiro atoms. The summed E-state index contributed by atoms with van der Waals surface area (Å²) in [4.78, 5) is 16.5. The molecule has 0 atom stereocenters. The Hall–Kier alpha value is -2.50. The van der Waals surface area contributed by atoms with Gasteiger partial charge in [-0.2, -0.15) is 0 Å². The summed E-state index contributed by atoms with van der Waals surface area (Å²) in [5.41, 5.74) is -0.165. The molecular weight excluding hydrogens is 237 g/mol. The number of aromatic nitrogens is 3. The lowest BCUT2D eigenvalue weighted by Crippen LogP contribution is -2.23. The fraction of sp³-hybridized carbons (Fsp3) is 0.0833. The zero-order chi connectivity index (χ0) is 12.7. The van der Waals surface area contributed by atoms with E-state index in [4.69, 9.17) is 0 Å². The summed E-state index contributed by atoms with van der Waals surface area (Å²) in [5, 5.41) is 3.62. The predicted molar refractivity (Wildman–Crippen MR) is 62.1 cm³/mol. The highest BCUT2D eigenvalue weighted by molar-refractivity contribution is 5.78. The van der Waals surface area contributed by atoms with Gasteiger partial charge in [0.2, 0.25) is 0 Å². The largest absolute Gasteiger partial charge is 0.363 e.